The van der Waals surface area contributed by atoms with Gasteiger partial charge in [0.25, 0.3) is 0 Å². The van der Waals surface area contributed by atoms with Crippen molar-refractivity contribution in [1.29, 1.82) is 0 Å². The van der Waals surface area contributed by atoms with Crippen molar-refractivity contribution >= 4 is 0 Å². The molecule has 0 atom stereocenters. The predicted octanol–water partition coefficient (Wildman–Crippen LogP) is 3.35. The van der Waals surface area contributed by atoms with Crippen molar-refractivity contribution in [2.45, 2.75) is 18.4 Å². The highest BCUT2D eigenvalue weighted by molar-refractivity contribution is 5.42. The van der Waals surface area contributed by atoms with Crippen LogP contribution in [0.3, 0.4) is 0 Å². The monoisotopic (exact) mass is 284 g/mol. The smallest absolute Gasteiger partial charge is 0.118 e. The summed E-state index contributed by atoms with van der Waals surface area (Å²) < 4.78 is 10.4. The van der Waals surface area contributed by atoms with E-state index in [1.54, 1.807) is 14.2 Å². The highest BCUT2D eigenvalue weighted by atomic mass is 16.5. The van der Waals surface area contributed by atoms with Crippen LogP contribution in [0.15, 0.2) is 48.5 Å². The third-order valence-electron chi connectivity index (χ3n) is 4.23. The van der Waals surface area contributed by atoms with Crippen LogP contribution in [0.1, 0.15) is 24.0 Å². The van der Waals surface area contributed by atoms with E-state index in [4.69, 9.17) is 9.47 Å². The Morgan fingerprint density at radius 2 is 1.19 bits per heavy atom. The third kappa shape index (κ3) is 2.49. The van der Waals surface area contributed by atoms with E-state index in [9.17, 15) is 5.11 Å². The molecule has 0 amide bonds. The van der Waals surface area contributed by atoms with E-state index < -0.39 is 5.60 Å². The van der Waals surface area contributed by atoms with E-state index in [2.05, 4.69) is 0 Å². The molecule has 1 fully saturated rings. The molecule has 0 spiro atoms. The van der Waals surface area contributed by atoms with Gasteiger partial charge in [0.1, 0.15) is 17.1 Å². The molecule has 3 rings (SSSR count). The Labute approximate surface area is 125 Å². The van der Waals surface area contributed by atoms with Crippen LogP contribution in [-0.2, 0) is 5.60 Å². The fourth-order valence-electron chi connectivity index (χ4n) is 2.83. The number of aliphatic hydroxyl groups is 1. The van der Waals surface area contributed by atoms with Crippen LogP contribution in [0.25, 0.3) is 0 Å². The molecule has 2 aromatic carbocycles. The quantitative estimate of drug-likeness (QED) is 0.915. The zero-order valence-corrected chi connectivity index (χ0v) is 12.4. The standard InChI is InChI=1S/C18H20O3/c1-20-16-9-5-14(6-10-16)18(19,13-3-4-13)15-7-11-17(21-2)12-8-15/h5-13,19H,3-4H2,1-2H3. The summed E-state index contributed by atoms with van der Waals surface area (Å²) in [5, 5.41) is 11.3. The van der Waals surface area contributed by atoms with Crippen LogP contribution in [0.5, 0.6) is 11.5 Å². The lowest BCUT2D eigenvalue weighted by Crippen LogP contribution is -2.29. The lowest BCUT2D eigenvalue weighted by atomic mass is 9.82. The molecule has 3 nitrogen and oxygen atoms in total. The summed E-state index contributed by atoms with van der Waals surface area (Å²) in [6.07, 6.45) is 2.10. The molecule has 0 heterocycles. The highest BCUT2D eigenvalue weighted by Crippen LogP contribution is 2.50. The summed E-state index contributed by atoms with van der Waals surface area (Å²) in [6.45, 7) is 0. The Morgan fingerprint density at radius 3 is 1.48 bits per heavy atom. The maximum atomic E-state index is 11.3. The lowest BCUT2D eigenvalue weighted by Gasteiger charge is -2.30. The molecule has 0 unspecified atom stereocenters. The largest absolute Gasteiger partial charge is 0.497 e. The second kappa shape index (κ2) is 5.41. The Hall–Kier alpha value is -2.00. The van der Waals surface area contributed by atoms with Crippen LogP contribution in [0.4, 0.5) is 0 Å². The van der Waals surface area contributed by atoms with E-state index in [-0.39, 0.29) is 5.92 Å². The fraction of sp³-hybridized carbons (Fsp3) is 0.333. The predicted molar refractivity (Wildman–Crippen MR) is 81.7 cm³/mol. The number of methoxy groups -OCH3 is 2. The average Bonchev–Trinajstić information content (AvgIpc) is 3.39. The van der Waals surface area contributed by atoms with Gasteiger partial charge in [-0.2, -0.15) is 0 Å². The van der Waals surface area contributed by atoms with Gasteiger partial charge in [0.15, 0.2) is 0 Å². The Kier molecular flexibility index (Phi) is 3.60. The number of ether oxygens (including phenoxy) is 2. The van der Waals surface area contributed by atoms with Crippen molar-refractivity contribution in [3.8, 4) is 11.5 Å². The molecule has 21 heavy (non-hydrogen) atoms. The molecule has 0 bridgehead atoms. The second-order valence-corrected chi connectivity index (χ2v) is 5.50. The third-order valence-corrected chi connectivity index (χ3v) is 4.23. The summed E-state index contributed by atoms with van der Waals surface area (Å²) >= 11 is 0. The van der Waals surface area contributed by atoms with Gasteiger partial charge in [0, 0.05) is 0 Å². The Bertz CT molecular complexity index is 550. The number of hydrogen-bond donors (Lipinski definition) is 1. The van der Waals surface area contributed by atoms with Crippen molar-refractivity contribution in [2.75, 3.05) is 14.2 Å². The minimum absolute atomic E-state index is 0.277. The highest BCUT2D eigenvalue weighted by Gasteiger charge is 2.46. The normalized spacial score (nSPS) is 14.8. The van der Waals surface area contributed by atoms with Gasteiger partial charge in [0.2, 0.25) is 0 Å². The number of rotatable bonds is 5. The first-order valence-corrected chi connectivity index (χ1v) is 7.20. The summed E-state index contributed by atoms with van der Waals surface area (Å²) in [5.74, 6) is 1.87. The van der Waals surface area contributed by atoms with Gasteiger partial charge in [-0.25, -0.2) is 0 Å². The van der Waals surface area contributed by atoms with Gasteiger partial charge < -0.3 is 14.6 Å². The van der Waals surface area contributed by atoms with E-state index in [1.807, 2.05) is 48.5 Å². The first-order valence-electron chi connectivity index (χ1n) is 7.20. The minimum Gasteiger partial charge on any atom is -0.497 e. The molecule has 0 aromatic heterocycles. The second-order valence-electron chi connectivity index (χ2n) is 5.50. The van der Waals surface area contributed by atoms with Gasteiger partial charge >= 0.3 is 0 Å². The minimum atomic E-state index is -0.932. The van der Waals surface area contributed by atoms with Gasteiger partial charge in [-0.15, -0.1) is 0 Å². The molecule has 1 aliphatic carbocycles. The Balaban J connectivity index is 2.01. The van der Waals surface area contributed by atoms with Crippen molar-refractivity contribution in [3.05, 3.63) is 59.7 Å². The van der Waals surface area contributed by atoms with E-state index in [0.29, 0.717) is 0 Å². The van der Waals surface area contributed by atoms with Crippen molar-refractivity contribution < 1.29 is 14.6 Å². The Morgan fingerprint density at radius 1 is 0.810 bits per heavy atom. The first-order chi connectivity index (χ1) is 10.2. The molecule has 2 aromatic rings. The van der Waals surface area contributed by atoms with E-state index in [1.165, 1.54) is 0 Å². The topological polar surface area (TPSA) is 38.7 Å². The maximum Gasteiger partial charge on any atom is 0.118 e. The van der Waals surface area contributed by atoms with Gasteiger partial charge in [-0.1, -0.05) is 24.3 Å². The summed E-state index contributed by atoms with van der Waals surface area (Å²) in [4.78, 5) is 0. The van der Waals surface area contributed by atoms with Crippen LogP contribution < -0.4 is 9.47 Å². The molecular formula is C18H20O3. The average molecular weight is 284 g/mol. The molecule has 1 aliphatic rings. The van der Waals surface area contributed by atoms with Crippen molar-refractivity contribution in [3.63, 3.8) is 0 Å². The van der Waals surface area contributed by atoms with Crippen LogP contribution in [0.2, 0.25) is 0 Å². The van der Waals surface area contributed by atoms with Crippen molar-refractivity contribution in [2.24, 2.45) is 5.92 Å². The van der Waals surface area contributed by atoms with E-state index in [0.717, 1.165) is 35.5 Å². The summed E-state index contributed by atoms with van der Waals surface area (Å²) in [6, 6.07) is 15.4. The molecule has 110 valence electrons. The first kappa shape index (κ1) is 14.0. The zero-order valence-electron chi connectivity index (χ0n) is 12.4. The van der Waals surface area contributed by atoms with Crippen molar-refractivity contribution in [1.82, 2.24) is 0 Å². The number of benzene rings is 2. The van der Waals surface area contributed by atoms with Crippen LogP contribution >= 0.6 is 0 Å². The molecule has 0 radical (unpaired) electrons. The fourth-order valence-corrected chi connectivity index (χ4v) is 2.83. The number of hydrogen-bond acceptors (Lipinski definition) is 3. The maximum absolute atomic E-state index is 11.3. The molecule has 3 heteroatoms. The molecule has 1 saturated carbocycles. The molecule has 1 N–H and O–H groups in total. The molecule has 0 saturated heterocycles. The zero-order chi connectivity index (χ0) is 14.9. The van der Waals surface area contributed by atoms with Gasteiger partial charge in [-0.05, 0) is 54.2 Å². The summed E-state index contributed by atoms with van der Waals surface area (Å²) in [7, 11) is 3.29. The lowest BCUT2D eigenvalue weighted by molar-refractivity contribution is 0.0563. The van der Waals surface area contributed by atoms with E-state index >= 15 is 0 Å². The molecule has 0 aliphatic heterocycles. The van der Waals surface area contributed by atoms with Crippen LogP contribution in [-0.4, -0.2) is 19.3 Å². The van der Waals surface area contributed by atoms with Gasteiger partial charge in [-0.3, -0.25) is 0 Å². The summed E-state index contributed by atoms with van der Waals surface area (Å²) in [5.41, 5.74) is 0.894. The molecular weight excluding hydrogens is 264 g/mol. The van der Waals surface area contributed by atoms with Crippen LogP contribution in [0, 0.1) is 5.92 Å². The SMILES string of the molecule is COc1ccc(C(O)(c2ccc(OC)cc2)C2CC2)cc1. The van der Waals surface area contributed by atoms with Gasteiger partial charge in [0.05, 0.1) is 14.2 Å².